The van der Waals surface area contributed by atoms with Gasteiger partial charge in [0.25, 0.3) is 0 Å². The lowest BCUT2D eigenvalue weighted by molar-refractivity contribution is -0.295. The topological polar surface area (TPSA) is 102 Å². The Kier molecular flexibility index (Phi) is 14.1. The van der Waals surface area contributed by atoms with Gasteiger partial charge in [0.15, 0.2) is 0 Å². The predicted octanol–water partition coefficient (Wildman–Crippen LogP) is 7.31. The molecule has 262 valence electrons. The van der Waals surface area contributed by atoms with Gasteiger partial charge in [-0.1, -0.05) is 121 Å². The van der Waals surface area contributed by atoms with Gasteiger partial charge >= 0.3 is 7.60 Å². The maximum absolute atomic E-state index is 14.9. The molecule has 0 bridgehead atoms. The van der Waals surface area contributed by atoms with Crippen molar-refractivity contribution in [2.45, 2.75) is 70.0 Å². The number of rotatable bonds is 19. The molecular weight excluding hydrogens is 643 g/mol. The summed E-state index contributed by atoms with van der Waals surface area (Å²) in [7, 11) is -4.26. The van der Waals surface area contributed by atoms with E-state index in [0.29, 0.717) is 6.61 Å². The van der Waals surface area contributed by atoms with Crippen molar-refractivity contribution < 1.29 is 42.4 Å². The van der Waals surface area contributed by atoms with Gasteiger partial charge in [0.2, 0.25) is 5.34 Å². The van der Waals surface area contributed by atoms with Crippen molar-refractivity contribution in [1.82, 2.24) is 0 Å². The van der Waals surface area contributed by atoms with Crippen molar-refractivity contribution >= 4 is 7.60 Å². The largest absolute Gasteiger partial charge is 0.393 e. The molecular formula is C39H47O9P. The van der Waals surface area contributed by atoms with Gasteiger partial charge < -0.3 is 37.8 Å². The number of ether oxygens (including phenoxy) is 5. The van der Waals surface area contributed by atoms with E-state index in [-0.39, 0.29) is 39.6 Å². The van der Waals surface area contributed by atoms with E-state index in [4.69, 9.17) is 32.7 Å². The van der Waals surface area contributed by atoms with E-state index in [9.17, 15) is 9.67 Å². The third-order valence-corrected chi connectivity index (χ3v) is 10.9. The summed E-state index contributed by atoms with van der Waals surface area (Å²) in [6.07, 6.45) is -3.72. The molecule has 4 aromatic carbocycles. The second-order valence-corrected chi connectivity index (χ2v) is 14.0. The number of benzene rings is 4. The summed E-state index contributed by atoms with van der Waals surface area (Å²) in [4.78, 5) is 0. The zero-order chi connectivity index (χ0) is 34.4. The molecule has 1 aliphatic rings. The summed E-state index contributed by atoms with van der Waals surface area (Å²) >= 11 is 0. The van der Waals surface area contributed by atoms with Gasteiger partial charge in [-0.2, -0.15) is 0 Å². The van der Waals surface area contributed by atoms with Crippen LogP contribution in [0.1, 0.15) is 36.1 Å². The Balaban J connectivity index is 1.58. The van der Waals surface area contributed by atoms with E-state index >= 15 is 0 Å². The molecule has 49 heavy (non-hydrogen) atoms. The molecule has 0 amide bonds. The molecule has 0 saturated carbocycles. The second-order valence-electron chi connectivity index (χ2n) is 11.7. The fourth-order valence-electron chi connectivity index (χ4n) is 5.97. The molecule has 5 rings (SSSR count). The molecule has 4 aromatic rings. The lowest BCUT2D eigenvalue weighted by atomic mass is 9.93. The molecule has 0 radical (unpaired) electrons. The summed E-state index contributed by atoms with van der Waals surface area (Å²) in [6.45, 7) is 3.66. The minimum absolute atomic E-state index is 0.0327. The normalized spacial score (nSPS) is 22.6. The fraction of sp³-hybridized carbons (Fsp3) is 0.385. The van der Waals surface area contributed by atoms with Crippen LogP contribution in [0.3, 0.4) is 0 Å². The maximum Gasteiger partial charge on any atom is 0.367 e. The van der Waals surface area contributed by atoms with Gasteiger partial charge in [-0.15, -0.1) is 0 Å². The molecule has 1 saturated heterocycles. The highest BCUT2D eigenvalue weighted by Crippen LogP contribution is 2.65. The first-order chi connectivity index (χ1) is 24.0. The highest BCUT2D eigenvalue weighted by atomic mass is 31.2. The number of hydrogen-bond acceptors (Lipinski definition) is 9. The summed E-state index contributed by atoms with van der Waals surface area (Å²) in [5.41, 5.74) is 3.71. The number of aliphatic hydroxyl groups excluding tert-OH is 1. The van der Waals surface area contributed by atoms with Crippen LogP contribution >= 0.6 is 7.60 Å². The van der Waals surface area contributed by atoms with Crippen LogP contribution in [-0.4, -0.2) is 61.3 Å². The molecule has 1 fully saturated rings. The second kappa shape index (κ2) is 18.7. The first-order valence-electron chi connectivity index (χ1n) is 16.8. The van der Waals surface area contributed by atoms with E-state index in [1.165, 1.54) is 0 Å². The van der Waals surface area contributed by atoms with Crippen molar-refractivity contribution in [1.29, 1.82) is 0 Å². The Hall–Kier alpha value is -3.21. The molecule has 0 aliphatic carbocycles. The minimum atomic E-state index is -4.26. The maximum atomic E-state index is 14.9. The molecule has 1 N–H and O–H groups in total. The summed E-state index contributed by atoms with van der Waals surface area (Å²) in [5, 5.41) is 9.36. The van der Waals surface area contributed by atoms with Crippen LogP contribution in [0.15, 0.2) is 121 Å². The smallest absolute Gasteiger partial charge is 0.367 e. The molecule has 0 aromatic heterocycles. The Morgan fingerprint density at radius 3 is 1.45 bits per heavy atom. The SMILES string of the molecule is CCOP(=O)(OCC)[C@@]1(CO)O[C@H](COCc2ccccc2)[C@H](OCc2ccccc2)[C@H](OCc2ccccc2)[C@H]1OCc1ccccc1. The average molecular weight is 691 g/mol. The highest BCUT2D eigenvalue weighted by molar-refractivity contribution is 7.55. The quantitative estimate of drug-likeness (QED) is 0.102. The molecule has 5 atom stereocenters. The zero-order valence-corrected chi connectivity index (χ0v) is 29.1. The molecule has 0 unspecified atom stereocenters. The standard InChI is InChI=1S/C39H47O9P/c1-3-46-49(41,47-4-2)39(30-40)38(45-28-34-23-15-8-16-24-34)37(44-27-33-21-13-7-14-22-33)36(43-26-32-19-11-6-12-20-32)35(48-39)29-42-25-31-17-9-5-10-18-31/h5-24,35-38,40H,3-4,25-30H2,1-2H3/t35-,36+,37+,38-,39-/m1/s1. The van der Waals surface area contributed by atoms with Crippen molar-refractivity contribution in [2.24, 2.45) is 0 Å². The Morgan fingerprint density at radius 2 is 1.02 bits per heavy atom. The van der Waals surface area contributed by atoms with E-state index < -0.39 is 44.0 Å². The van der Waals surface area contributed by atoms with Gasteiger partial charge in [0.05, 0.1) is 52.9 Å². The van der Waals surface area contributed by atoms with E-state index in [0.717, 1.165) is 22.3 Å². The average Bonchev–Trinajstić information content (AvgIpc) is 3.14. The van der Waals surface area contributed by atoms with Crippen LogP contribution < -0.4 is 0 Å². The van der Waals surface area contributed by atoms with Crippen molar-refractivity contribution in [3.8, 4) is 0 Å². The molecule has 0 spiro atoms. The zero-order valence-electron chi connectivity index (χ0n) is 28.2. The van der Waals surface area contributed by atoms with Gasteiger partial charge in [-0.25, -0.2) is 0 Å². The molecule has 9 nitrogen and oxygen atoms in total. The lowest BCUT2D eigenvalue weighted by Gasteiger charge is -2.53. The molecule has 10 heteroatoms. The van der Waals surface area contributed by atoms with Crippen LogP contribution in [0.2, 0.25) is 0 Å². The highest BCUT2D eigenvalue weighted by Gasteiger charge is 2.67. The van der Waals surface area contributed by atoms with Crippen LogP contribution in [0.25, 0.3) is 0 Å². The monoisotopic (exact) mass is 690 g/mol. The lowest BCUT2D eigenvalue weighted by Crippen LogP contribution is -2.68. The van der Waals surface area contributed by atoms with Crippen LogP contribution in [0.5, 0.6) is 0 Å². The van der Waals surface area contributed by atoms with E-state index in [1.807, 2.05) is 121 Å². The van der Waals surface area contributed by atoms with E-state index in [2.05, 4.69) is 0 Å². The first kappa shape index (κ1) is 37.1. The fourth-order valence-corrected chi connectivity index (χ4v) is 8.13. The van der Waals surface area contributed by atoms with Crippen LogP contribution in [-0.2, 0) is 63.7 Å². The van der Waals surface area contributed by atoms with Crippen LogP contribution in [0.4, 0.5) is 0 Å². The third-order valence-electron chi connectivity index (χ3n) is 8.31. The molecule has 1 heterocycles. The van der Waals surface area contributed by atoms with E-state index in [1.54, 1.807) is 13.8 Å². The summed E-state index contributed by atoms with van der Waals surface area (Å²) in [6, 6.07) is 38.9. The third kappa shape index (κ3) is 9.52. The Labute approximate surface area is 289 Å². The molecule has 1 aliphatic heterocycles. The predicted molar refractivity (Wildman–Crippen MR) is 187 cm³/mol. The minimum Gasteiger partial charge on any atom is -0.393 e. The van der Waals surface area contributed by atoms with Crippen molar-refractivity contribution in [3.05, 3.63) is 144 Å². The Morgan fingerprint density at radius 1 is 0.612 bits per heavy atom. The van der Waals surface area contributed by atoms with Gasteiger partial charge in [0, 0.05) is 0 Å². The van der Waals surface area contributed by atoms with Crippen LogP contribution in [0, 0.1) is 0 Å². The van der Waals surface area contributed by atoms with Gasteiger partial charge in [0.1, 0.15) is 24.4 Å². The summed E-state index contributed by atoms with van der Waals surface area (Å²) in [5.74, 6) is 0. The van der Waals surface area contributed by atoms with Gasteiger partial charge in [-0.3, -0.25) is 4.57 Å². The number of hydrogen-bond donors (Lipinski definition) is 1. The summed E-state index contributed by atoms with van der Waals surface area (Å²) < 4.78 is 59.9. The van der Waals surface area contributed by atoms with Crippen molar-refractivity contribution in [3.63, 3.8) is 0 Å². The van der Waals surface area contributed by atoms with Crippen molar-refractivity contribution in [2.75, 3.05) is 26.4 Å². The Bertz CT molecular complexity index is 1530. The first-order valence-corrected chi connectivity index (χ1v) is 18.3. The van der Waals surface area contributed by atoms with Gasteiger partial charge in [-0.05, 0) is 36.1 Å². The number of aliphatic hydroxyl groups is 1.